The van der Waals surface area contributed by atoms with Gasteiger partial charge in [-0.15, -0.1) is 0 Å². The first-order valence-electron chi connectivity index (χ1n) is 10.4. The molecule has 1 N–H and O–H groups in total. The number of benzene rings is 2. The van der Waals surface area contributed by atoms with Crippen LogP contribution in [0.2, 0.25) is 10.0 Å². The van der Waals surface area contributed by atoms with Crippen molar-refractivity contribution in [2.24, 2.45) is 11.8 Å². The predicted molar refractivity (Wildman–Crippen MR) is 119 cm³/mol. The molecule has 0 aromatic heterocycles. The SMILES string of the molecule is O=C(NCCc1ccc(Cl)cc1)[C@H]1[C@H]2C=C[C@]3(CN(Cc4ccccc4Cl)C(=O)[C@@H]13)O2. The first kappa shape index (κ1) is 20.6. The number of hydrogen-bond acceptors (Lipinski definition) is 3. The summed E-state index contributed by atoms with van der Waals surface area (Å²) in [5, 5.41) is 4.31. The Morgan fingerprint density at radius 3 is 2.71 bits per heavy atom. The normalized spacial score (nSPS) is 28.3. The number of nitrogens with one attached hydrogen (secondary N) is 1. The Bertz CT molecular complexity index is 1060. The van der Waals surface area contributed by atoms with E-state index < -0.39 is 17.4 Å². The van der Waals surface area contributed by atoms with Gasteiger partial charge in [-0.3, -0.25) is 9.59 Å². The second-order valence-electron chi connectivity index (χ2n) is 8.35. The van der Waals surface area contributed by atoms with E-state index in [1.54, 1.807) is 4.90 Å². The lowest BCUT2D eigenvalue weighted by atomic mass is 9.77. The zero-order valence-electron chi connectivity index (χ0n) is 16.8. The molecule has 1 spiro atoms. The Hall–Kier alpha value is -2.34. The molecule has 0 saturated carbocycles. The highest BCUT2D eigenvalue weighted by molar-refractivity contribution is 6.31. The van der Waals surface area contributed by atoms with Gasteiger partial charge in [0, 0.05) is 23.1 Å². The van der Waals surface area contributed by atoms with Gasteiger partial charge in [0.05, 0.1) is 24.5 Å². The summed E-state index contributed by atoms with van der Waals surface area (Å²) in [6.07, 6.45) is 4.22. The predicted octanol–water partition coefficient (Wildman–Crippen LogP) is 3.63. The molecule has 0 radical (unpaired) electrons. The number of carbonyl (C=O) groups is 2. The summed E-state index contributed by atoms with van der Waals surface area (Å²) in [6.45, 7) is 1.33. The average molecular weight is 457 g/mol. The van der Waals surface area contributed by atoms with E-state index in [0.29, 0.717) is 36.1 Å². The molecule has 3 aliphatic rings. The Morgan fingerprint density at radius 1 is 1.16 bits per heavy atom. The minimum Gasteiger partial charge on any atom is -0.360 e. The van der Waals surface area contributed by atoms with E-state index >= 15 is 0 Å². The number of likely N-dealkylation sites (tertiary alicyclic amines) is 1. The smallest absolute Gasteiger partial charge is 0.230 e. The third kappa shape index (κ3) is 3.65. The minimum absolute atomic E-state index is 0.0513. The standard InChI is InChI=1S/C24H22Cl2N2O3/c25-17-7-5-15(6-8-17)10-12-27-22(29)20-19-9-11-24(31-19)14-28(23(30)21(20)24)13-16-3-1-2-4-18(16)26/h1-9,11,19-21H,10,12-14H2,(H,27,29)/t19-,20+,21-,24-/m1/s1. The van der Waals surface area contributed by atoms with Crippen molar-refractivity contribution >= 4 is 35.0 Å². The number of amides is 2. The fraction of sp³-hybridized carbons (Fsp3) is 0.333. The van der Waals surface area contributed by atoms with Crippen LogP contribution in [-0.4, -0.2) is 41.5 Å². The maximum atomic E-state index is 13.3. The van der Waals surface area contributed by atoms with Gasteiger partial charge in [-0.2, -0.15) is 0 Å². The van der Waals surface area contributed by atoms with Crippen LogP contribution in [0.15, 0.2) is 60.7 Å². The fourth-order valence-electron chi connectivity index (χ4n) is 4.94. The molecule has 2 saturated heterocycles. The van der Waals surface area contributed by atoms with Gasteiger partial charge in [0.25, 0.3) is 0 Å². The summed E-state index contributed by atoms with van der Waals surface area (Å²) in [5.74, 6) is -1.20. The molecular formula is C24H22Cl2N2O3. The molecule has 0 unspecified atom stereocenters. The molecule has 0 aliphatic carbocycles. The van der Waals surface area contributed by atoms with Crippen LogP contribution in [0.1, 0.15) is 11.1 Å². The summed E-state index contributed by atoms with van der Waals surface area (Å²) >= 11 is 12.2. The van der Waals surface area contributed by atoms with Gasteiger partial charge in [0.15, 0.2) is 0 Å². The first-order chi connectivity index (χ1) is 15.0. The van der Waals surface area contributed by atoms with E-state index in [-0.39, 0.29) is 17.9 Å². The number of halogens is 2. The molecule has 3 heterocycles. The minimum atomic E-state index is -0.721. The molecular weight excluding hydrogens is 435 g/mol. The van der Waals surface area contributed by atoms with Crippen LogP contribution in [0.5, 0.6) is 0 Å². The third-order valence-corrected chi connectivity index (χ3v) is 7.05. The lowest BCUT2D eigenvalue weighted by Crippen LogP contribution is -2.44. The van der Waals surface area contributed by atoms with Gasteiger partial charge in [-0.1, -0.05) is 65.7 Å². The van der Waals surface area contributed by atoms with Crippen molar-refractivity contribution in [1.29, 1.82) is 0 Å². The lowest BCUT2D eigenvalue weighted by Gasteiger charge is -2.23. The Morgan fingerprint density at radius 2 is 1.94 bits per heavy atom. The molecule has 2 bridgehead atoms. The highest BCUT2D eigenvalue weighted by atomic mass is 35.5. The monoisotopic (exact) mass is 456 g/mol. The molecule has 2 fully saturated rings. The maximum Gasteiger partial charge on any atom is 0.230 e. The number of rotatable bonds is 6. The van der Waals surface area contributed by atoms with E-state index in [9.17, 15) is 9.59 Å². The molecule has 5 rings (SSSR count). The highest BCUT2D eigenvalue weighted by Gasteiger charge is 2.66. The van der Waals surface area contributed by atoms with Gasteiger partial charge in [-0.25, -0.2) is 0 Å². The van der Waals surface area contributed by atoms with Crippen molar-refractivity contribution in [2.75, 3.05) is 13.1 Å². The zero-order chi connectivity index (χ0) is 21.6. The topological polar surface area (TPSA) is 58.6 Å². The number of carbonyl (C=O) groups excluding carboxylic acids is 2. The van der Waals surface area contributed by atoms with Gasteiger partial charge in [0.2, 0.25) is 11.8 Å². The fourth-order valence-corrected chi connectivity index (χ4v) is 5.26. The number of fused-ring (bicyclic) bond motifs is 1. The second kappa shape index (κ2) is 7.97. The molecule has 3 aliphatic heterocycles. The van der Waals surface area contributed by atoms with Crippen molar-refractivity contribution in [1.82, 2.24) is 10.2 Å². The van der Waals surface area contributed by atoms with Crippen LogP contribution >= 0.6 is 23.2 Å². The number of nitrogens with zero attached hydrogens (tertiary/aromatic N) is 1. The van der Waals surface area contributed by atoms with Crippen LogP contribution < -0.4 is 5.32 Å². The van der Waals surface area contributed by atoms with E-state index in [2.05, 4.69) is 5.32 Å². The lowest BCUT2D eigenvalue weighted by molar-refractivity contribution is -0.137. The summed E-state index contributed by atoms with van der Waals surface area (Å²) in [7, 11) is 0. The molecule has 160 valence electrons. The Kier molecular flexibility index (Phi) is 5.29. The number of ether oxygens (including phenoxy) is 1. The van der Waals surface area contributed by atoms with Crippen LogP contribution in [-0.2, 0) is 27.3 Å². The van der Waals surface area contributed by atoms with E-state index in [0.717, 1.165) is 11.1 Å². The summed E-state index contributed by atoms with van der Waals surface area (Å²) in [4.78, 5) is 28.1. The largest absolute Gasteiger partial charge is 0.360 e. The highest BCUT2D eigenvalue weighted by Crippen LogP contribution is 2.52. The van der Waals surface area contributed by atoms with Gasteiger partial charge < -0.3 is 15.0 Å². The zero-order valence-corrected chi connectivity index (χ0v) is 18.3. The van der Waals surface area contributed by atoms with Crippen molar-refractivity contribution in [3.8, 4) is 0 Å². The third-order valence-electron chi connectivity index (χ3n) is 6.43. The Balaban J connectivity index is 1.27. The van der Waals surface area contributed by atoms with Crippen LogP contribution in [0, 0.1) is 11.8 Å². The van der Waals surface area contributed by atoms with Crippen molar-refractivity contribution in [3.63, 3.8) is 0 Å². The van der Waals surface area contributed by atoms with Crippen molar-refractivity contribution < 1.29 is 14.3 Å². The average Bonchev–Trinajstić information content (AvgIpc) is 3.39. The van der Waals surface area contributed by atoms with E-state index in [1.807, 2.05) is 60.7 Å². The van der Waals surface area contributed by atoms with E-state index in [4.69, 9.17) is 27.9 Å². The van der Waals surface area contributed by atoms with Gasteiger partial charge in [-0.05, 0) is 35.7 Å². The summed E-state index contributed by atoms with van der Waals surface area (Å²) in [5.41, 5.74) is 1.26. The summed E-state index contributed by atoms with van der Waals surface area (Å²) in [6, 6.07) is 15.1. The molecule has 4 atom stereocenters. The van der Waals surface area contributed by atoms with Crippen LogP contribution in [0.4, 0.5) is 0 Å². The summed E-state index contributed by atoms with van der Waals surface area (Å²) < 4.78 is 6.18. The van der Waals surface area contributed by atoms with Gasteiger partial charge >= 0.3 is 0 Å². The molecule has 2 amide bonds. The number of hydrogen-bond donors (Lipinski definition) is 1. The molecule has 31 heavy (non-hydrogen) atoms. The van der Waals surface area contributed by atoms with Crippen LogP contribution in [0.25, 0.3) is 0 Å². The Labute approximate surface area is 191 Å². The molecule has 5 nitrogen and oxygen atoms in total. The van der Waals surface area contributed by atoms with Crippen LogP contribution in [0.3, 0.4) is 0 Å². The van der Waals surface area contributed by atoms with E-state index in [1.165, 1.54) is 0 Å². The maximum absolute atomic E-state index is 13.3. The molecule has 2 aromatic rings. The second-order valence-corrected chi connectivity index (χ2v) is 9.20. The molecule has 7 heteroatoms. The molecule has 2 aromatic carbocycles. The van der Waals surface area contributed by atoms with Crippen molar-refractivity contribution in [2.45, 2.75) is 24.7 Å². The van der Waals surface area contributed by atoms with Gasteiger partial charge in [0.1, 0.15) is 5.60 Å². The quantitative estimate of drug-likeness (QED) is 0.675. The van der Waals surface area contributed by atoms with Crippen molar-refractivity contribution in [3.05, 3.63) is 81.9 Å². The first-order valence-corrected chi connectivity index (χ1v) is 11.1.